The number of hydrogen-bond donors (Lipinski definition) is 0. The van der Waals surface area contributed by atoms with Gasteiger partial charge in [-0.1, -0.05) is 54.5 Å². The van der Waals surface area contributed by atoms with E-state index in [1.54, 1.807) is 0 Å². The normalized spacial score (nSPS) is 20.6. The number of aromatic nitrogens is 1. The first kappa shape index (κ1) is 19.9. The summed E-state index contributed by atoms with van der Waals surface area (Å²) in [5.74, 6) is 8.48. The predicted molar refractivity (Wildman–Crippen MR) is 130 cm³/mol. The molecule has 0 spiro atoms. The van der Waals surface area contributed by atoms with Gasteiger partial charge >= 0.3 is 0 Å². The number of fused-ring (bicyclic) bond motifs is 5. The van der Waals surface area contributed by atoms with Crippen LogP contribution in [-0.2, 0) is 6.54 Å². The second-order valence-corrected chi connectivity index (χ2v) is 8.87. The van der Waals surface area contributed by atoms with Gasteiger partial charge in [0.25, 0.3) is 5.91 Å². The Hall–Kier alpha value is -3.78. The van der Waals surface area contributed by atoms with Crippen LogP contribution >= 0.6 is 0 Å². The van der Waals surface area contributed by atoms with Crippen molar-refractivity contribution in [2.45, 2.75) is 44.8 Å². The fourth-order valence-corrected chi connectivity index (χ4v) is 5.35. The number of hydrogen-bond acceptors (Lipinski definition) is 3. The van der Waals surface area contributed by atoms with Crippen LogP contribution in [0, 0.1) is 11.8 Å². The smallest absolute Gasteiger partial charge is 0.264 e. The number of carbonyl (C=O) groups excluding carboxylic acids is 1. The highest BCUT2D eigenvalue weighted by Gasteiger charge is 2.49. The van der Waals surface area contributed by atoms with Crippen molar-refractivity contribution >= 4 is 17.7 Å². The van der Waals surface area contributed by atoms with Crippen molar-refractivity contribution in [3.8, 4) is 11.8 Å². The Morgan fingerprint density at radius 1 is 1.00 bits per heavy atom. The van der Waals surface area contributed by atoms with Gasteiger partial charge in [0.15, 0.2) is 0 Å². The Morgan fingerprint density at radius 2 is 1.76 bits per heavy atom. The van der Waals surface area contributed by atoms with E-state index in [2.05, 4.69) is 45.6 Å². The Balaban J connectivity index is 1.53. The molecular weight excluding hydrogens is 408 g/mol. The molecule has 3 aliphatic rings. The molecule has 1 amide bonds. The molecule has 0 bridgehead atoms. The van der Waals surface area contributed by atoms with Crippen LogP contribution in [0.25, 0.3) is 0 Å². The summed E-state index contributed by atoms with van der Waals surface area (Å²) in [5, 5.41) is 0. The lowest BCUT2D eigenvalue weighted by Gasteiger charge is -2.37. The molecule has 5 heteroatoms. The van der Waals surface area contributed by atoms with Crippen LogP contribution < -0.4 is 4.90 Å². The summed E-state index contributed by atoms with van der Waals surface area (Å²) < 4.78 is 2.22. The molecule has 1 saturated carbocycles. The van der Waals surface area contributed by atoms with E-state index in [1.165, 1.54) is 12.0 Å². The van der Waals surface area contributed by atoms with Gasteiger partial charge in [-0.3, -0.25) is 14.6 Å². The number of nitrogens with zero attached hydrogens (tertiary/aromatic N) is 4. The molecule has 0 unspecified atom stereocenters. The van der Waals surface area contributed by atoms with Crippen molar-refractivity contribution in [3.05, 3.63) is 89.1 Å². The zero-order valence-corrected chi connectivity index (χ0v) is 18.7. The maximum absolute atomic E-state index is 13.6. The third-order valence-corrected chi connectivity index (χ3v) is 6.89. The van der Waals surface area contributed by atoms with Crippen LogP contribution in [0.5, 0.6) is 0 Å². The average molecular weight is 435 g/mol. The topological polar surface area (TPSA) is 40.8 Å². The highest BCUT2D eigenvalue weighted by Crippen LogP contribution is 2.42. The number of anilines is 1. The Morgan fingerprint density at radius 3 is 2.52 bits per heavy atom. The van der Waals surface area contributed by atoms with Crippen molar-refractivity contribution in [1.29, 1.82) is 0 Å². The Kier molecular flexibility index (Phi) is 4.80. The number of aliphatic imine (C=N–C) groups is 1. The third-order valence-electron chi connectivity index (χ3n) is 6.89. The van der Waals surface area contributed by atoms with E-state index in [9.17, 15) is 4.79 Å². The monoisotopic (exact) mass is 434 g/mol. The van der Waals surface area contributed by atoms with Crippen LogP contribution in [-0.4, -0.2) is 40.0 Å². The molecule has 5 nitrogen and oxygen atoms in total. The minimum Gasteiger partial charge on any atom is -0.315 e. The number of guanidine groups is 1. The molecule has 1 aromatic heterocycles. The van der Waals surface area contributed by atoms with Gasteiger partial charge < -0.3 is 4.57 Å². The van der Waals surface area contributed by atoms with E-state index < -0.39 is 0 Å². The summed E-state index contributed by atoms with van der Waals surface area (Å²) in [6, 6.07) is 23.0. The van der Waals surface area contributed by atoms with Crippen LogP contribution in [0.1, 0.15) is 53.4 Å². The first-order chi connectivity index (χ1) is 16.2. The molecule has 33 heavy (non-hydrogen) atoms. The van der Waals surface area contributed by atoms with Gasteiger partial charge in [0.05, 0.1) is 29.9 Å². The molecule has 3 aromatic rings. The number of amides is 1. The summed E-state index contributed by atoms with van der Waals surface area (Å²) in [7, 11) is 0. The third kappa shape index (κ3) is 3.25. The number of carbonyl (C=O) groups is 1. The largest absolute Gasteiger partial charge is 0.315 e. The highest BCUT2D eigenvalue weighted by molar-refractivity contribution is 6.19. The summed E-state index contributed by atoms with van der Waals surface area (Å²) in [6.07, 6.45) is 3.37. The van der Waals surface area contributed by atoms with E-state index in [4.69, 9.17) is 4.99 Å². The second kappa shape index (κ2) is 7.97. The van der Waals surface area contributed by atoms with Gasteiger partial charge in [-0.25, -0.2) is 4.99 Å². The standard InChI is InChI=1S/C28H26N4O/c1-2-30-27(33)23-18-22(17-16-20-10-5-3-6-11-20)31(19-21-12-7-4-8-13-21)26(23)32-25-15-9-14-24(25)29-28(30)32/h3-8,10-13,18,24-25H,2,9,14-15,19H2,1H3/t24-,25+/m1/s1. The zero-order valence-electron chi connectivity index (χ0n) is 18.7. The molecule has 3 heterocycles. The number of rotatable bonds is 3. The van der Waals surface area contributed by atoms with E-state index in [1.807, 2.05) is 54.3 Å². The van der Waals surface area contributed by atoms with Crippen LogP contribution in [0.2, 0.25) is 0 Å². The fourth-order valence-electron chi connectivity index (χ4n) is 5.35. The predicted octanol–water partition coefficient (Wildman–Crippen LogP) is 4.51. The van der Waals surface area contributed by atoms with Gasteiger partial charge in [0.1, 0.15) is 5.82 Å². The molecule has 0 radical (unpaired) electrons. The van der Waals surface area contributed by atoms with Crippen LogP contribution in [0.4, 0.5) is 5.82 Å². The first-order valence-corrected chi connectivity index (χ1v) is 11.8. The Labute approximate surface area is 194 Å². The second-order valence-electron chi connectivity index (χ2n) is 8.87. The van der Waals surface area contributed by atoms with Crippen molar-refractivity contribution < 1.29 is 4.79 Å². The molecule has 2 atom stereocenters. The van der Waals surface area contributed by atoms with Gasteiger partial charge in [-0.05, 0) is 55.9 Å². The summed E-state index contributed by atoms with van der Waals surface area (Å²) in [5.41, 5.74) is 3.74. The maximum atomic E-state index is 13.6. The van der Waals surface area contributed by atoms with Gasteiger partial charge in [-0.2, -0.15) is 0 Å². The summed E-state index contributed by atoms with van der Waals surface area (Å²) in [6.45, 7) is 3.30. The first-order valence-electron chi connectivity index (χ1n) is 11.8. The van der Waals surface area contributed by atoms with Crippen LogP contribution in [0.3, 0.4) is 0 Å². The molecule has 0 N–H and O–H groups in total. The minimum atomic E-state index is 0.0250. The lowest BCUT2D eigenvalue weighted by molar-refractivity contribution is 0.0845. The molecule has 1 aliphatic carbocycles. The molecular formula is C28H26N4O. The fraction of sp³-hybridized carbons (Fsp3) is 0.286. The van der Waals surface area contributed by atoms with Crippen molar-refractivity contribution in [2.24, 2.45) is 4.99 Å². The van der Waals surface area contributed by atoms with Gasteiger partial charge in [0.2, 0.25) is 5.96 Å². The lowest BCUT2D eigenvalue weighted by atomic mass is 10.1. The van der Waals surface area contributed by atoms with E-state index in [0.717, 1.165) is 41.4 Å². The van der Waals surface area contributed by atoms with E-state index in [0.29, 0.717) is 19.1 Å². The van der Waals surface area contributed by atoms with Crippen LogP contribution in [0.15, 0.2) is 71.7 Å². The average Bonchev–Trinajstić information content (AvgIpc) is 3.53. The molecule has 0 saturated heterocycles. The molecule has 2 aromatic carbocycles. The minimum absolute atomic E-state index is 0.0250. The molecule has 1 fully saturated rings. The van der Waals surface area contributed by atoms with Crippen molar-refractivity contribution in [2.75, 3.05) is 11.4 Å². The highest BCUT2D eigenvalue weighted by atomic mass is 16.2. The van der Waals surface area contributed by atoms with Gasteiger partial charge in [-0.15, -0.1) is 0 Å². The molecule has 164 valence electrons. The SMILES string of the molecule is CCN1C(=O)c2cc(C#Cc3ccccc3)n(Cc3ccccc3)c2N2C1=N[C@@H]1CCC[C@@H]12. The van der Waals surface area contributed by atoms with Crippen molar-refractivity contribution in [3.63, 3.8) is 0 Å². The van der Waals surface area contributed by atoms with Crippen molar-refractivity contribution in [1.82, 2.24) is 9.47 Å². The Bertz CT molecular complexity index is 1300. The molecule has 2 aliphatic heterocycles. The lowest BCUT2D eigenvalue weighted by Crippen LogP contribution is -2.53. The summed E-state index contributed by atoms with van der Waals surface area (Å²) in [4.78, 5) is 22.8. The van der Waals surface area contributed by atoms with E-state index in [-0.39, 0.29) is 11.9 Å². The quantitative estimate of drug-likeness (QED) is 0.569. The zero-order chi connectivity index (χ0) is 22.4. The molecule has 6 rings (SSSR count). The maximum Gasteiger partial charge on any atom is 0.264 e. The summed E-state index contributed by atoms with van der Waals surface area (Å²) >= 11 is 0. The van der Waals surface area contributed by atoms with Gasteiger partial charge in [0, 0.05) is 12.1 Å². The number of benzene rings is 2. The van der Waals surface area contributed by atoms with E-state index >= 15 is 0 Å².